The van der Waals surface area contributed by atoms with Crippen LogP contribution in [0.2, 0.25) is 0 Å². The van der Waals surface area contributed by atoms with Gasteiger partial charge in [-0.2, -0.15) is 0 Å². The van der Waals surface area contributed by atoms with Crippen LogP contribution in [0.1, 0.15) is 30.9 Å². The van der Waals surface area contributed by atoms with Crippen LogP contribution in [0.3, 0.4) is 0 Å². The van der Waals surface area contributed by atoms with Crippen molar-refractivity contribution in [1.29, 1.82) is 0 Å². The average molecular weight is 260 g/mol. The fourth-order valence-electron chi connectivity index (χ4n) is 3.33. The summed E-state index contributed by atoms with van der Waals surface area (Å²) in [6, 6.07) is 6.64. The van der Waals surface area contributed by atoms with Crippen LogP contribution in [0.4, 0.5) is 5.69 Å². The zero-order valence-corrected chi connectivity index (χ0v) is 11.7. The van der Waals surface area contributed by atoms with E-state index in [1.807, 2.05) is 0 Å². The lowest BCUT2D eigenvalue weighted by Crippen LogP contribution is -2.28. The van der Waals surface area contributed by atoms with Crippen molar-refractivity contribution in [1.82, 2.24) is 5.32 Å². The third kappa shape index (κ3) is 2.77. The number of nitrogens with one attached hydrogen (secondary N) is 2. The Hall–Kier alpha value is -1.06. The van der Waals surface area contributed by atoms with Crippen LogP contribution >= 0.6 is 0 Å². The second-order valence-corrected chi connectivity index (χ2v) is 5.63. The van der Waals surface area contributed by atoms with Gasteiger partial charge in [0.15, 0.2) is 0 Å². The third-order valence-electron chi connectivity index (χ3n) is 4.40. The van der Waals surface area contributed by atoms with E-state index in [-0.39, 0.29) is 0 Å². The van der Waals surface area contributed by atoms with Crippen molar-refractivity contribution in [2.75, 3.05) is 25.0 Å². The van der Waals surface area contributed by atoms with E-state index >= 15 is 0 Å². The van der Waals surface area contributed by atoms with Crippen LogP contribution in [0, 0.1) is 5.92 Å². The van der Waals surface area contributed by atoms with Crippen LogP contribution in [-0.2, 0) is 17.7 Å². The van der Waals surface area contributed by atoms with Crippen molar-refractivity contribution < 1.29 is 4.74 Å². The minimum Gasteiger partial charge on any atom is -0.384 e. The number of anilines is 1. The summed E-state index contributed by atoms with van der Waals surface area (Å²) in [5.74, 6) is 0.690. The van der Waals surface area contributed by atoms with Crippen molar-refractivity contribution in [3.8, 4) is 0 Å². The Balaban J connectivity index is 1.54. The van der Waals surface area contributed by atoms with Crippen LogP contribution < -0.4 is 10.6 Å². The Morgan fingerprint density at radius 3 is 3.26 bits per heavy atom. The molecule has 0 aromatic heterocycles. The van der Waals surface area contributed by atoms with Gasteiger partial charge < -0.3 is 15.4 Å². The van der Waals surface area contributed by atoms with Gasteiger partial charge in [-0.1, -0.05) is 25.1 Å². The summed E-state index contributed by atoms with van der Waals surface area (Å²) >= 11 is 0. The zero-order chi connectivity index (χ0) is 13.1. The summed E-state index contributed by atoms with van der Waals surface area (Å²) in [6.45, 7) is 6.27. The van der Waals surface area contributed by atoms with E-state index in [2.05, 4.69) is 35.8 Å². The molecule has 0 spiro atoms. The van der Waals surface area contributed by atoms with E-state index in [4.69, 9.17) is 4.74 Å². The summed E-state index contributed by atoms with van der Waals surface area (Å²) in [6.07, 6.45) is 3.97. The highest BCUT2D eigenvalue weighted by Gasteiger charge is 2.26. The molecule has 2 N–H and O–H groups in total. The van der Waals surface area contributed by atoms with Gasteiger partial charge in [-0.05, 0) is 36.3 Å². The number of ether oxygens (including phenoxy) is 1. The Kier molecular flexibility index (Phi) is 4.04. The van der Waals surface area contributed by atoms with Crippen LogP contribution in [-0.4, -0.2) is 25.8 Å². The molecule has 2 unspecified atom stereocenters. The molecule has 19 heavy (non-hydrogen) atoms. The molecule has 0 amide bonds. The van der Waals surface area contributed by atoms with Gasteiger partial charge in [0.05, 0.1) is 6.10 Å². The molecule has 3 heteroatoms. The van der Waals surface area contributed by atoms with Gasteiger partial charge >= 0.3 is 0 Å². The summed E-state index contributed by atoms with van der Waals surface area (Å²) in [5.41, 5.74) is 4.24. The number of para-hydroxylation sites is 1. The maximum atomic E-state index is 5.74. The highest BCUT2D eigenvalue weighted by Crippen LogP contribution is 2.27. The number of fused-ring (bicyclic) bond motifs is 1. The summed E-state index contributed by atoms with van der Waals surface area (Å²) < 4.78 is 5.74. The second-order valence-electron chi connectivity index (χ2n) is 5.63. The van der Waals surface area contributed by atoms with Gasteiger partial charge in [-0.25, -0.2) is 0 Å². The predicted octanol–water partition coefficient (Wildman–Crippen LogP) is 2.56. The molecule has 3 nitrogen and oxygen atoms in total. The zero-order valence-electron chi connectivity index (χ0n) is 11.7. The van der Waals surface area contributed by atoms with Gasteiger partial charge in [0, 0.05) is 31.9 Å². The van der Waals surface area contributed by atoms with Gasteiger partial charge in [0.2, 0.25) is 0 Å². The molecule has 2 heterocycles. The number of hydrogen-bond acceptors (Lipinski definition) is 3. The standard InChI is InChI=1S/C16H24N2O/c1-2-15-13(7-9-19-15)10-17-11-14-5-3-4-12-6-8-18-16(12)14/h3-5,13,15,17-18H,2,6-11H2,1H3. The number of rotatable bonds is 5. The lowest BCUT2D eigenvalue weighted by atomic mass is 9.99. The van der Waals surface area contributed by atoms with Crippen molar-refractivity contribution in [3.63, 3.8) is 0 Å². The molecule has 1 saturated heterocycles. The summed E-state index contributed by atoms with van der Waals surface area (Å²) in [5, 5.41) is 7.12. The minimum absolute atomic E-state index is 0.465. The molecule has 1 aromatic rings. The molecular formula is C16H24N2O. The maximum Gasteiger partial charge on any atom is 0.0613 e. The van der Waals surface area contributed by atoms with Crippen molar-refractivity contribution in [2.45, 2.75) is 38.8 Å². The monoisotopic (exact) mass is 260 g/mol. The fraction of sp³-hybridized carbons (Fsp3) is 0.625. The average Bonchev–Trinajstić information content (AvgIpc) is 3.07. The van der Waals surface area contributed by atoms with Crippen LogP contribution in [0.5, 0.6) is 0 Å². The summed E-state index contributed by atoms with van der Waals surface area (Å²) in [4.78, 5) is 0. The Morgan fingerprint density at radius 2 is 2.37 bits per heavy atom. The fourth-order valence-corrected chi connectivity index (χ4v) is 3.33. The van der Waals surface area contributed by atoms with Crippen LogP contribution in [0.25, 0.3) is 0 Å². The van der Waals surface area contributed by atoms with Crippen LogP contribution in [0.15, 0.2) is 18.2 Å². The summed E-state index contributed by atoms with van der Waals surface area (Å²) in [7, 11) is 0. The first-order valence-electron chi connectivity index (χ1n) is 7.55. The molecule has 0 aliphatic carbocycles. The molecule has 0 bridgehead atoms. The second kappa shape index (κ2) is 5.93. The largest absolute Gasteiger partial charge is 0.384 e. The van der Waals surface area contributed by atoms with Gasteiger partial charge in [-0.15, -0.1) is 0 Å². The van der Waals surface area contributed by atoms with E-state index < -0.39 is 0 Å². The highest BCUT2D eigenvalue weighted by molar-refractivity contribution is 5.61. The van der Waals surface area contributed by atoms with E-state index in [0.29, 0.717) is 12.0 Å². The van der Waals surface area contributed by atoms with Gasteiger partial charge in [0.25, 0.3) is 0 Å². The predicted molar refractivity (Wildman–Crippen MR) is 78.5 cm³/mol. The minimum atomic E-state index is 0.465. The Labute approximate surface area is 115 Å². The quantitative estimate of drug-likeness (QED) is 0.853. The van der Waals surface area contributed by atoms with Crippen molar-refractivity contribution in [2.24, 2.45) is 5.92 Å². The molecule has 0 saturated carbocycles. The highest BCUT2D eigenvalue weighted by atomic mass is 16.5. The molecule has 1 fully saturated rings. The van der Waals surface area contributed by atoms with Crippen molar-refractivity contribution >= 4 is 5.69 Å². The first-order valence-corrected chi connectivity index (χ1v) is 7.55. The van der Waals surface area contributed by atoms with E-state index in [0.717, 1.165) is 39.1 Å². The lowest BCUT2D eigenvalue weighted by molar-refractivity contribution is 0.0872. The normalized spacial score (nSPS) is 25.3. The topological polar surface area (TPSA) is 33.3 Å². The van der Waals surface area contributed by atoms with E-state index in [1.165, 1.54) is 23.2 Å². The maximum absolute atomic E-state index is 5.74. The molecule has 2 atom stereocenters. The molecule has 0 radical (unpaired) electrons. The smallest absolute Gasteiger partial charge is 0.0613 e. The molecular weight excluding hydrogens is 236 g/mol. The van der Waals surface area contributed by atoms with Gasteiger partial charge in [-0.3, -0.25) is 0 Å². The third-order valence-corrected chi connectivity index (χ3v) is 4.40. The SMILES string of the molecule is CCC1OCCC1CNCc1cccc2c1NCC2. The Morgan fingerprint density at radius 1 is 1.42 bits per heavy atom. The van der Waals surface area contributed by atoms with E-state index in [1.54, 1.807) is 0 Å². The molecule has 1 aromatic carbocycles. The van der Waals surface area contributed by atoms with Gasteiger partial charge in [0.1, 0.15) is 0 Å². The Bertz CT molecular complexity index is 433. The lowest BCUT2D eigenvalue weighted by Gasteiger charge is -2.18. The number of benzene rings is 1. The van der Waals surface area contributed by atoms with E-state index in [9.17, 15) is 0 Å². The molecule has 3 rings (SSSR count). The molecule has 104 valence electrons. The first kappa shape index (κ1) is 12.9. The number of hydrogen-bond donors (Lipinski definition) is 2. The molecule has 2 aliphatic rings. The molecule has 2 aliphatic heterocycles. The van der Waals surface area contributed by atoms with Crippen molar-refractivity contribution in [3.05, 3.63) is 29.3 Å². The first-order chi connectivity index (χ1) is 9.38.